The maximum absolute atomic E-state index is 2.49. The summed E-state index contributed by atoms with van der Waals surface area (Å²) in [5.74, 6) is 1.53. The Balaban J connectivity index is 2.07. The van der Waals surface area contributed by atoms with Crippen molar-refractivity contribution in [2.45, 2.75) is 69.1 Å². The fourth-order valence-electron chi connectivity index (χ4n) is 4.57. The van der Waals surface area contributed by atoms with Crippen LogP contribution in [-0.4, -0.2) is 6.71 Å². The molecule has 0 bridgehead atoms. The molecule has 0 saturated heterocycles. The Labute approximate surface area is 181 Å². The lowest BCUT2D eigenvalue weighted by Crippen LogP contribution is -2.57. The molecule has 148 valence electrons. The maximum atomic E-state index is 2.49. The van der Waals surface area contributed by atoms with Crippen LogP contribution in [0.1, 0.15) is 76.0 Å². The van der Waals surface area contributed by atoms with Gasteiger partial charge in [0.1, 0.15) is 0 Å². The smallest absolute Gasteiger partial charge is 0.0912 e. The summed E-state index contributed by atoms with van der Waals surface area (Å²) in [5, 5.41) is 0. The third-order valence-electron chi connectivity index (χ3n) is 6.15. The molecular weight excluding hydrogens is 367 g/mol. The third-order valence-corrected chi connectivity index (χ3v) is 7.33. The zero-order valence-electron chi connectivity index (χ0n) is 18.5. The van der Waals surface area contributed by atoms with E-state index in [-0.39, 0.29) is 0 Å². The molecule has 0 aromatic heterocycles. The van der Waals surface area contributed by atoms with Gasteiger partial charge in [0.25, 0.3) is 0 Å². The Morgan fingerprint density at radius 2 is 1.07 bits per heavy atom. The minimum Gasteiger partial charge on any atom is -0.0912 e. The minimum absolute atomic E-state index is 0.305. The van der Waals surface area contributed by atoms with Crippen LogP contribution in [0.3, 0.4) is 0 Å². The number of hydrogen-bond acceptors (Lipinski definition) is 1. The molecule has 2 heteroatoms. The fraction of sp³-hybridized carbons (Fsp3) is 0.333. The van der Waals surface area contributed by atoms with Crippen LogP contribution < -0.4 is 16.4 Å². The average molecular weight is 398 g/mol. The van der Waals surface area contributed by atoms with Crippen molar-refractivity contribution in [2.24, 2.45) is 0 Å². The van der Waals surface area contributed by atoms with E-state index < -0.39 is 0 Å². The zero-order chi connectivity index (χ0) is 20.7. The second-order valence-corrected chi connectivity index (χ2v) is 10.3. The molecule has 3 aromatic carbocycles. The highest BCUT2D eigenvalue weighted by Crippen LogP contribution is 2.32. The van der Waals surface area contributed by atoms with Crippen LogP contribution in [0.4, 0.5) is 0 Å². The van der Waals surface area contributed by atoms with Crippen LogP contribution in [-0.2, 0) is 0 Å². The molecule has 0 fully saturated rings. The first kappa shape index (κ1) is 20.4. The normalized spacial score (nSPS) is 13.2. The Morgan fingerprint density at radius 1 is 0.621 bits per heavy atom. The number of hydrogen-bond donors (Lipinski definition) is 0. The van der Waals surface area contributed by atoms with Gasteiger partial charge in [-0.15, -0.1) is 0 Å². The van der Waals surface area contributed by atoms with Crippen molar-refractivity contribution in [1.29, 1.82) is 0 Å². The summed E-state index contributed by atoms with van der Waals surface area (Å²) in [6, 6.07) is 23.0. The average Bonchev–Trinajstić information content (AvgIpc) is 2.70. The van der Waals surface area contributed by atoms with E-state index in [0.717, 1.165) is 0 Å². The molecule has 0 nitrogen and oxygen atoms in total. The van der Waals surface area contributed by atoms with Gasteiger partial charge in [-0.25, -0.2) is 0 Å². The van der Waals surface area contributed by atoms with E-state index in [0.29, 0.717) is 24.5 Å². The summed E-state index contributed by atoms with van der Waals surface area (Å²) in [5.41, 5.74) is 8.95. The van der Waals surface area contributed by atoms with E-state index in [1.165, 1.54) is 37.4 Å². The van der Waals surface area contributed by atoms with Crippen molar-refractivity contribution in [3.8, 4) is 0 Å². The van der Waals surface area contributed by atoms with Gasteiger partial charge in [-0.3, -0.25) is 0 Å². The van der Waals surface area contributed by atoms with Gasteiger partial charge in [0.05, 0.1) is 0 Å². The summed E-state index contributed by atoms with van der Waals surface area (Å²) in [7, 11) is 0. The van der Waals surface area contributed by atoms with Gasteiger partial charge < -0.3 is 0 Å². The van der Waals surface area contributed by atoms with Crippen LogP contribution in [0, 0.1) is 0 Å². The SMILES string of the molecule is CC(C)c1cc(C(C)C)c(B2c3ccccc3Sc3ccccc32)c(C(C)C)c1. The highest BCUT2D eigenvalue weighted by atomic mass is 32.2. The largest absolute Gasteiger partial charge is 0.244 e. The maximum Gasteiger partial charge on any atom is 0.244 e. The van der Waals surface area contributed by atoms with Gasteiger partial charge in [-0.1, -0.05) is 118 Å². The van der Waals surface area contributed by atoms with E-state index in [1.807, 2.05) is 11.8 Å². The van der Waals surface area contributed by atoms with Gasteiger partial charge in [0.2, 0.25) is 6.71 Å². The summed E-state index contributed by atoms with van der Waals surface area (Å²) >= 11 is 1.92. The molecule has 0 spiro atoms. The van der Waals surface area contributed by atoms with Crippen LogP contribution in [0.5, 0.6) is 0 Å². The van der Waals surface area contributed by atoms with Crippen molar-refractivity contribution in [1.82, 2.24) is 0 Å². The molecule has 0 radical (unpaired) electrons. The first-order valence-electron chi connectivity index (χ1n) is 10.9. The number of benzene rings is 3. The molecule has 0 unspecified atom stereocenters. The van der Waals surface area contributed by atoms with Gasteiger partial charge in [0, 0.05) is 9.79 Å². The van der Waals surface area contributed by atoms with Crippen LogP contribution in [0.15, 0.2) is 70.5 Å². The van der Waals surface area contributed by atoms with Crippen molar-refractivity contribution in [2.75, 3.05) is 0 Å². The van der Waals surface area contributed by atoms with Crippen LogP contribution in [0.25, 0.3) is 0 Å². The molecule has 1 heterocycles. The second-order valence-electron chi connectivity index (χ2n) is 9.19. The molecule has 0 saturated carbocycles. The molecule has 4 rings (SSSR count). The molecule has 3 aromatic rings. The first-order valence-corrected chi connectivity index (χ1v) is 11.7. The van der Waals surface area contributed by atoms with Crippen molar-refractivity contribution in [3.05, 3.63) is 77.4 Å². The highest BCUT2D eigenvalue weighted by Gasteiger charge is 2.35. The molecular formula is C27H31BS. The molecule has 0 atom stereocenters. The predicted molar refractivity (Wildman–Crippen MR) is 130 cm³/mol. The molecule has 0 N–H and O–H groups in total. The van der Waals surface area contributed by atoms with Crippen molar-refractivity contribution in [3.63, 3.8) is 0 Å². The summed E-state index contributed by atoms with van der Waals surface area (Å²) in [6.07, 6.45) is 0. The summed E-state index contributed by atoms with van der Waals surface area (Å²) < 4.78 is 0. The summed E-state index contributed by atoms with van der Waals surface area (Å²) in [4.78, 5) is 2.79. The van der Waals surface area contributed by atoms with E-state index in [1.54, 1.807) is 5.46 Å². The molecule has 0 aliphatic carbocycles. The van der Waals surface area contributed by atoms with Gasteiger partial charge in [-0.05, 0) is 46.6 Å². The van der Waals surface area contributed by atoms with Crippen molar-refractivity contribution >= 4 is 34.9 Å². The predicted octanol–water partition coefficient (Wildman–Crippen LogP) is 6.04. The Hall–Kier alpha value is -1.93. The van der Waals surface area contributed by atoms with E-state index in [9.17, 15) is 0 Å². The van der Waals surface area contributed by atoms with Crippen molar-refractivity contribution < 1.29 is 0 Å². The topological polar surface area (TPSA) is 0 Å². The van der Waals surface area contributed by atoms with E-state index >= 15 is 0 Å². The van der Waals surface area contributed by atoms with E-state index in [2.05, 4.69) is 102 Å². The number of fused-ring (bicyclic) bond motifs is 2. The Morgan fingerprint density at radius 3 is 1.48 bits per heavy atom. The lowest BCUT2D eigenvalue weighted by molar-refractivity contribution is 0.812. The Bertz CT molecular complexity index is 958. The lowest BCUT2D eigenvalue weighted by Gasteiger charge is -2.32. The molecule has 1 aliphatic heterocycles. The van der Waals surface area contributed by atoms with Crippen LogP contribution >= 0.6 is 11.8 Å². The first-order chi connectivity index (χ1) is 13.9. The van der Waals surface area contributed by atoms with Gasteiger partial charge in [-0.2, -0.15) is 0 Å². The Kier molecular flexibility index (Phi) is 5.66. The van der Waals surface area contributed by atoms with Crippen LogP contribution in [0.2, 0.25) is 0 Å². The lowest BCUT2D eigenvalue weighted by atomic mass is 9.34. The quantitative estimate of drug-likeness (QED) is 0.378. The molecule has 0 amide bonds. The summed E-state index contributed by atoms with van der Waals surface area (Å²) in [6.45, 7) is 14.3. The van der Waals surface area contributed by atoms with Gasteiger partial charge >= 0.3 is 0 Å². The number of rotatable bonds is 4. The third kappa shape index (κ3) is 3.68. The van der Waals surface area contributed by atoms with E-state index in [4.69, 9.17) is 0 Å². The second kappa shape index (κ2) is 8.07. The monoisotopic (exact) mass is 398 g/mol. The molecule has 1 aliphatic rings. The zero-order valence-corrected chi connectivity index (χ0v) is 19.3. The molecule has 29 heavy (non-hydrogen) atoms. The standard InChI is InChI=1S/C27H31BS/c1-17(2)20-15-21(18(3)4)27(22(16-20)19(5)6)28-23-11-7-9-13-25(23)29-26-14-10-8-12-24(26)28/h7-19H,1-6H3. The van der Waals surface area contributed by atoms with Gasteiger partial charge in [0.15, 0.2) is 0 Å². The highest BCUT2D eigenvalue weighted by molar-refractivity contribution is 8.00. The minimum atomic E-state index is 0.305. The fourth-order valence-corrected chi connectivity index (χ4v) is 5.70.